The highest BCUT2D eigenvalue weighted by atomic mass is 32.2. The number of nitrogens with one attached hydrogen (secondary N) is 1. The van der Waals surface area contributed by atoms with Crippen molar-refractivity contribution in [2.24, 2.45) is 5.73 Å². The van der Waals surface area contributed by atoms with E-state index in [9.17, 15) is 13.7 Å². The van der Waals surface area contributed by atoms with Crippen molar-refractivity contribution in [1.29, 1.82) is 0 Å². The van der Waals surface area contributed by atoms with Gasteiger partial charge >= 0.3 is 6.09 Å². The molecule has 0 bridgehead atoms. The molecule has 2 saturated heterocycles. The number of carbonyl (C=O) groups excluding carboxylic acids is 1. The summed E-state index contributed by atoms with van der Waals surface area (Å²) in [7, 11) is 0. The molecule has 3 rings (SSSR count). The van der Waals surface area contributed by atoms with E-state index < -0.39 is 23.4 Å². The van der Waals surface area contributed by atoms with E-state index in [0.29, 0.717) is 35.8 Å². The number of ether oxygens (including phenoxy) is 1. The molecule has 1 atom stereocenters. The number of rotatable bonds is 4. The molecule has 6 nitrogen and oxygen atoms in total. The molecule has 3 N–H and O–H groups in total. The van der Waals surface area contributed by atoms with E-state index in [1.165, 1.54) is 11.0 Å². The summed E-state index contributed by atoms with van der Waals surface area (Å²) >= 11 is 3.95. The number of hydrogen-bond donors (Lipinski definition) is 2. The van der Waals surface area contributed by atoms with Crippen LogP contribution in [0.15, 0.2) is 18.2 Å². The van der Waals surface area contributed by atoms with Crippen LogP contribution in [0.5, 0.6) is 0 Å². The Labute approximate surface area is 154 Å². The second kappa shape index (κ2) is 7.76. The molecule has 0 saturated carbocycles. The van der Waals surface area contributed by atoms with Crippen molar-refractivity contribution in [3.63, 3.8) is 0 Å². The molecular formula is C16H20FN3O3S2. The number of amides is 1. The Balaban J connectivity index is 1.68. The molecule has 2 heterocycles. The van der Waals surface area contributed by atoms with Gasteiger partial charge in [-0.05, 0) is 48.7 Å². The first kappa shape index (κ1) is 18.2. The van der Waals surface area contributed by atoms with Crippen molar-refractivity contribution in [3.8, 4) is 0 Å². The molecule has 2 aliphatic rings. The average molecular weight is 385 g/mol. The molecule has 1 aromatic rings. The Hall–Kier alpha value is -1.58. The van der Waals surface area contributed by atoms with Gasteiger partial charge in [-0.25, -0.2) is 9.18 Å². The van der Waals surface area contributed by atoms with Gasteiger partial charge in [-0.15, -0.1) is 0 Å². The maximum Gasteiger partial charge on any atom is 0.414 e. The Morgan fingerprint density at radius 2 is 2.20 bits per heavy atom. The van der Waals surface area contributed by atoms with Gasteiger partial charge in [0.15, 0.2) is 5.11 Å². The van der Waals surface area contributed by atoms with Gasteiger partial charge in [0, 0.05) is 0 Å². The van der Waals surface area contributed by atoms with E-state index in [1.807, 2.05) is 0 Å². The monoisotopic (exact) mass is 385 g/mol. The number of nitrogens with zero attached hydrogens (tertiary/aromatic N) is 1. The first-order chi connectivity index (χ1) is 11.9. The van der Waals surface area contributed by atoms with Crippen molar-refractivity contribution in [2.45, 2.75) is 24.9 Å². The third-order valence-corrected chi connectivity index (χ3v) is 6.03. The highest BCUT2D eigenvalue weighted by Gasteiger charge is 2.33. The van der Waals surface area contributed by atoms with Crippen LogP contribution in [0.3, 0.4) is 0 Å². The van der Waals surface area contributed by atoms with Gasteiger partial charge in [0.1, 0.15) is 23.4 Å². The van der Waals surface area contributed by atoms with Gasteiger partial charge in [-0.1, -0.05) is 17.2 Å². The summed E-state index contributed by atoms with van der Waals surface area (Å²) in [5.74, 6) is 0.969. The van der Waals surface area contributed by atoms with E-state index in [0.717, 1.165) is 12.8 Å². The number of thiocarbonyl (C=S) groups is 1. The highest BCUT2D eigenvalue weighted by molar-refractivity contribution is 7.91. The summed E-state index contributed by atoms with van der Waals surface area (Å²) < 4.78 is 31.2. The van der Waals surface area contributed by atoms with E-state index in [2.05, 4.69) is 5.32 Å². The lowest BCUT2D eigenvalue weighted by molar-refractivity contribution is 0.143. The smallest absolute Gasteiger partial charge is 0.414 e. The largest absolute Gasteiger partial charge is 0.616 e. The molecule has 136 valence electrons. The molecule has 0 radical (unpaired) electrons. The SMILES string of the molecule is NC(=S)NC[C@H]1CN(c2ccc([C@H]3CC[S@+]([O-])CC3)c(F)c2)C(=O)O1. The summed E-state index contributed by atoms with van der Waals surface area (Å²) in [6.07, 6.45) is 0.531. The summed E-state index contributed by atoms with van der Waals surface area (Å²) in [5.41, 5.74) is 6.45. The maximum atomic E-state index is 14.6. The minimum atomic E-state index is -0.778. The molecule has 0 aromatic heterocycles. The summed E-state index contributed by atoms with van der Waals surface area (Å²) in [4.78, 5) is 13.4. The quantitative estimate of drug-likeness (QED) is 0.605. The predicted octanol–water partition coefficient (Wildman–Crippen LogP) is 1.61. The standard InChI is InChI=1S/C16H20FN3O3S2/c17-14-7-11(1-2-13(14)10-3-5-25(22)6-4-10)20-9-12(23-16(20)21)8-19-15(18)24/h1-2,7,10,12H,3-6,8-9H2,(H3,18,19,24)/t10-,12-,25-/m0/s1. The van der Waals surface area contributed by atoms with Crippen LogP contribution < -0.4 is 16.0 Å². The second-order valence-electron chi connectivity index (χ2n) is 6.19. The van der Waals surface area contributed by atoms with Crippen molar-refractivity contribution in [2.75, 3.05) is 29.5 Å². The molecule has 2 fully saturated rings. The zero-order chi connectivity index (χ0) is 18.0. The molecule has 0 unspecified atom stereocenters. The first-order valence-corrected chi connectivity index (χ1v) is 9.99. The Morgan fingerprint density at radius 1 is 1.48 bits per heavy atom. The van der Waals surface area contributed by atoms with Crippen molar-refractivity contribution >= 4 is 40.3 Å². The fraction of sp³-hybridized carbons (Fsp3) is 0.500. The second-order valence-corrected chi connectivity index (χ2v) is 8.33. The Morgan fingerprint density at radius 3 is 2.84 bits per heavy atom. The Kier molecular flexibility index (Phi) is 5.65. The molecule has 1 aromatic carbocycles. The summed E-state index contributed by atoms with van der Waals surface area (Å²) in [6, 6.07) is 4.82. The topological polar surface area (TPSA) is 90.6 Å². The van der Waals surface area contributed by atoms with Crippen molar-refractivity contribution in [3.05, 3.63) is 29.6 Å². The van der Waals surface area contributed by atoms with Crippen molar-refractivity contribution in [1.82, 2.24) is 5.32 Å². The maximum absolute atomic E-state index is 14.6. The number of cyclic esters (lactones) is 1. The lowest BCUT2D eigenvalue weighted by atomic mass is 9.93. The number of carbonyl (C=O) groups is 1. The minimum absolute atomic E-state index is 0.0831. The van der Waals surface area contributed by atoms with Gasteiger partial charge in [0.2, 0.25) is 0 Å². The van der Waals surface area contributed by atoms with Gasteiger partial charge in [-0.3, -0.25) is 4.90 Å². The fourth-order valence-corrected chi connectivity index (χ4v) is 4.56. The van der Waals surface area contributed by atoms with Crippen LogP contribution in [0.25, 0.3) is 0 Å². The van der Waals surface area contributed by atoms with Crippen LogP contribution in [-0.2, 0) is 15.9 Å². The number of nitrogens with two attached hydrogens (primary N) is 1. The molecule has 25 heavy (non-hydrogen) atoms. The van der Waals surface area contributed by atoms with Crippen LogP contribution in [0.4, 0.5) is 14.9 Å². The molecule has 2 aliphatic heterocycles. The van der Waals surface area contributed by atoms with E-state index in [-0.39, 0.29) is 16.8 Å². The zero-order valence-electron chi connectivity index (χ0n) is 13.6. The Bertz CT molecular complexity index is 668. The molecule has 0 spiro atoms. The van der Waals surface area contributed by atoms with Crippen LogP contribution in [0.1, 0.15) is 24.3 Å². The van der Waals surface area contributed by atoms with Gasteiger partial charge in [0.05, 0.1) is 18.8 Å². The van der Waals surface area contributed by atoms with Crippen LogP contribution in [-0.4, -0.2) is 46.5 Å². The number of benzene rings is 1. The van der Waals surface area contributed by atoms with Crippen LogP contribution in [0, 0.1) is 5.82 Å². The minimum Gasteiger partial charge on any atom is -0.616 e. The van der Waals surface area contributed by atoms with Crippen LogP contribution in [0.2, 0.25) is 0 Å². The molecule has 9 heteroatoms. The van der Waals surface area contributed by atoms with E-state index in [4.69, 9.17) is 22.7 Å². The van der Waals surface area contributed by atoms with Gasteiger partial charge in [-0.2, -0.15) is 0 Å². The number of hydrogen-bond acceptors (Lipinski definition) is 4. The average Bonchev–Trinajstić information content (AvgIpc) is 2.95. The van der Waals surface area contributed by atoms with E-state index in [1.54, 1.807) is 12.1 Å². The van der Waals surface area contributed by atoms with Crippen LogP contribution >= 0.6 is 12.2 Å². The fourth-order valence-electron chi connectivity index (χ4n) is 3.17. The third-order valence-electron chi connectivity index (χ3n) is 4.50. The zero-order valence-corrected chi connectivity index (χ0v) is 15.2. The molecule has 0 aliphatic carbocycles. The number of halogens is 1. The van der Waals surface area contributed by atoms with Gasteiger partial charge in [0.25, 0.3) is 0 Å². The number of anilines is 1. The normalized spacial score (nSPS) is 26.4. The summed E-state index contributed by atoms with van der Waals surface area (Å²) in [6.45, 7) is 0.618. The lowest BCUT2D eigenvalue weighted by Crippen LogP contribution is -2.37. The molecular weight excluding hydrogens is 365 g/mol. The molecule has 1 amide bonds. The first-order valence-electron chi connectivity index (χ1n) is 8.10. The third kappa shape index (κ3) is 4.34. The van der Waals surface area contributed by atoms with Crippen molar-refractivity contribution < 1.29 is 18.5 Å². The summed E-state index contributed by atoms with van der Waals surface area (Å²) in [5, 5.41) is 2.89. The lowest BCUT2D eigenvalue weighted by Gasteiger charge is -2.25. The predicted molar refractivity (Wildman–Crippen MR) is 98.7 cm³/mol. The van der Waals surface area contributed by atoms with Gasteiger partial charge < -0.3 is 20.3 Å². The highest BCUT2D eigenvalue weighted by Crippen LogP contribution is 2.33. The van der Waals surface area contributed by atoms with E-state index >= 15 is 0 Å².